The van der Waals surface area contributed by atoms with Gasteiger partial charge in [0.05, 0.1) is 5.69 Å². The fraction of sp³-hybridized carbons (Fsp3) is 0. The Kier molecular flexibility index (Phi) is 4.25. The van der Waals surface area contributed by atoms with Crippen LogP contribution in [0.4, 0.5) is 10.1 Å². The van der Waals surface area contributed by atoms with Gasteiger partial charge in [-0.1, -0.05) is 11.6 Å². The zero-order chi connectivity index (χ0) is 16.5. The third kappa shape index (κ3) is 3.29. The van der Waals surface area contributed by atoms with E-state index in [1.807, 2.05) is 4.72 Å². The Balaban J connectivity index is 2.39. The quantitative estimate of drug-likeness (QED) is 0.790. The number of aromatic hydroxyl groups is 1. The van der Waals surface area contributed by atoms with Crippen LogP contribution in [-0.4, -0.2) is 24.6 Å². The lowest BCUT2D eigenvalue weighted by Gasteiger charge is -2.10. The van der Waals surface area contributed by atoms with Crippen LogP contribution in [0, 0.1) is 5.82 Å². The maximum absolute atomic E-state index is 13.6. The van der Waals surface area contributed by atoms with Gasteiger partial charge in [0.1, 0.15) is 22.0 Å². The number of carboxylic acids is 1. The lowest BCUT2D eigenvalue weighted by molar-refractivity contribution is 0.0694. The minimum atomic E-state index is -4.28. The SMILES string of the molecule is O=C(O)c1ccc(NS(=O)(=O)c2cc(Cl)ccc2F)cc1O. The normalized spacial score (nSPS) is 11.2. The highest BCUT2D eigenvalue weighted by Crippen LogP contribution is 2.26. The highest BCUT2D eigenvalue weighted by Gasteiger charge is 2.20. The second-order valence-corrected chi connectivity index (χ2v) is 6.30. The molecule has 2 rings (SSSR count). The summed E-state index contributed by atoms with van der Waals surface area (Å²) in [4.78, 5) is 10.1. The Hall–Kier alpha value is -2.32. The first-order valence-electron chi connectivity index (χ1n) is 5.75. The van der Waals surface area contributed by atoms with Gasteiger partial charge < -0.3 is 10.2 Å². The van der Waals surface area contributed by atoms with E-state index in [1.165, 1.54) is 6.07 Å². The van der Waals surface area contributed by atoms with Gasteiger partial charge in [0.2, 0.25) is 0 Å². The molecule has 0 unspecified atom stereocenters. The molecule has 0 aliphatic rings. The molecule has 9 heteroatoms. The zero-order valence-electron chi connectivity index (χ0n) is 10.7. The number of rotatable bonds is 4. The minimum absolute atomic E-state index is 0.0332. The van der Waals surface area contributed by atoms with Crippen molar-refractivity contribution in [3.63, 3.8) is 0 Å². The van der Waals surface area contributed by atoms with Gasteiger partial charge in [0, 0.05) is 11.1 Å². The van der Waals surface area contributed by atoms with Crippen molar-refractivity contribution in [1.82, 2.24) is 0 Å². The molecule has 0 radical (unpaired) electrons. The van der Waals surface area contributed by atoms with Gasteiger partial charge >= 0.3 is 5.97 Å². The molecule has 0 saturated carbocycles. The average molecular weight is 346 g/mol. The van der Waals surface area contributed by atoms with Crippen molar-refractivity contribution < 1.29 is 27.8 Å². The van der Waals surface area contributed by atoms with Gasteiger partial charge in [-0.2, -0.15) is 0 Å². The van der Waals surface area contributed by atoms with Crippen LogP contribution in [0.25, 0.3) is 0 Å². The van der Waals surface area contributed by atoms with Crippen LogP contribution in [0.2, 0.25) is 5.02 Å². The van der Waals surface area contributed by atoms with Crippen molar-refractivity contribution in [1.29, 1.82) is 0 Å². The van der Waals surface area contributed by atoms with Crippen LogP contribution < -0.4 is 4.72 Å². The van der Waals surface area contributed by atoms with Crippen molar-refractivity contribution in [2.24, 2.45) is 0 Å². The molecule has 3 N–H and O–H groups in total. The molecule has 2 aromatic carbocycles. The van der Waals surface area contributed by atoms with E-state index in [1.54, 1.807) is 0 Å². The van der Waals surface area contributed by atoms with Crippen LogP contribution in [-0.2, 0) is 10.0 Å². The molecule has 0 aliphatic carbocycles. The first-order valence-corrected chi connectivity index (χ1v) is 7.61. The fourth-order valence-corrected chi connectivity index (χ4v) is 3.06. The number of carboxylic acid groups (broad SMARTS) is 1. The summed E-state index contributed by atoms with van der Waals surface area (Å²) in [7, 11) is -4.28. The molecular weight excluding hydrogens is 337 g/mol. The summed E-state index contributed by atoms with van der Waals surface area (Å²) in [5.41, 5.74) is -0.515. The summed E-state index contributed by atoms with van der Waals surface area (Å²) in [6, 6.07) is 6.09. The molecule has 0 aliphatic heterocycles. The number of halogens is 2. The molecule has 0 amide bonds. The Bertz CT molecular complexity index is 854. The Morgan fingerprint density at radius 1 is 1.18 bits per heavy atom. The van der Waals surface area contributed by atoms with E-state index in [4.69, 9.17) is 16.7 Å². The molecule has 0 spiro atoms. The number of anilines is 1. The van der Waals surface area contributed by atoms with Crippen LogP contribution >= 0.6 is 11.6 Å². The van der Waals surface area contributed by atoms with E-state index in [9.17, 15) is 22.7 Å². The van der Waals surface area contributed by atoms with Gasteiger partial charge in [-0.25, -0.2) is 17.6 Å². The highest BCUT2D eigenvalue weighted by atomic mass is 35.5. The van der Waals surface area contributed by atoms with Crippen molar-refractivity contribution in [2.45, 2.75) is 4.90 Å². The van der Waals surface area contributed by atoms with Crippen molar-refractivity contribution >= 4 is 33.3 Å². The number of hydrogen-bond donors (Lipinski definition) is 3. The highest BCUT2D eigenvalue weighted by molar-refractivity contribution is 7.92. The summed E-state index contributed by atoms with van der Waals surface area (Å²) in [6.45, 7) is 0. The maximum atomic E-state index is 13.6. The molecular formula is C13H9ClFNO5S. The number of benzene rings is 2. The molecule has 6 nitrogen and oxygen atoms in total. The second kappa shape index (κ2) is 5.82. The largest absolute Gasteiger partial charge is 0.507 e. The fourth-order valence-electron chi connectivity index (χ4n) is 1.67. The first-order chi connectivity index (χ1) is 10.2. The number of sulfonamides is 1. The van der Waals surface area contributed by atoms with Gasteiger partial charge in [0.25, 0.3) is 10.0 Å². The predicted molar refractivity (Wildman–Crippen MR) is 77.3 cm³/mol. The zero-order valence-corrected chi connectivity index (χ0v) is 12.3. The molecule has 0 aromatic heterocycles. The molecule has 0 atom stereocenters. The summed E-state index contributed by atoms with van der Waals surface area (Å²) in [5, 5.41) is 18.3. The molecule has 116 valence electrons. The van der Waals surface area contributed by atoms with Crippen molar-refractivity contribution in [3.05, 3.63) is 52.8 Å². The van der Waals surface area contributed by atoms with Crippen molar-refractivity contribution in [2.75, 3.05) is 4.72 Å². The summed E-state index contributed by atoms with van der Waals surface area (Å²) < 4.78 is 39.8. The predicted octanol–water partition coefficient (Wildman–Crippen LogP) is 2.68. The minimum Gasteiger partial charge on any atom is -0.507 e. The number of nitrogens with one attached hydrogen (secondary N) is 1. The van der Waals surface area contributed by atoms with Crippen LogP contribution in [0.1, 0.15) is 10.4 Å². The van der Waals surface area contributed by atoms with Crippen LogP contribution in [0.5, 0.6) is 5.75 Å². The van der Waals surface area contributed by atoms with E-state index in [-0.39, 0.29) is 10.7 Å². The third-order valence-electron chi connectivity index (χ3n) is 2.66. The lowest BCUT2D eigenvalue weighted by atomic mass is 10.2. The number of phenols is 1. The molecule has 0 bridgehead atoms. The van der Waals surface area contributed by atoms with Gasteiger partial charge in [-0.05, 0) is 30.3 Å². The molecule has 0 fully saturated rings. The molecule has 22 heavy (non-hydrogen) atoms. The number of carbonyl (C=O) groups is 1. The van der Waals surface area contributed by atoms with Crippen molar-refractivity contribution in [3.8, 4) is 5.75 Å². The van der Waals surface area contributed by atoms with Crippen LogP contribution in [0.15, 0.2) is 41.3 Å². The maximum Gasteiger partial charge on any atom is 0.339 e. The Morgan fingerprint density at radius 3 is 2.45 bits per heavy atom. The van der Waals surface area contributed by atoms with Gasteiger partial charge in [-0.3, -0.25) is 4.72 Å². The van der Waals surface area contributed by atoms with E-state index >= 15 is 0 Å². The number of hydrogen-bond acceptors (Lipinski definition) is 4. The topological polar surface area (TPSA) is 104 Å². The molecule has 0 saturated heterocycles. The van der Waals surface area contributed by atoms with E-state index in [0.29, 0.717) is 0 Å². The van der Waals surface area contributed by atoms with Crippen LogP contribution in [0.3, 0.4) is 0 Å². The number of aromatic carboxylic acids is 1. The standard InChI is InChI=1S/C13H9ClFNO5S/c14-7-1-4-10(15)12(5-7)22(20,21)16-8-2-3-9(13(18)19)11(17)6-8/h1-6,16-17H,(H,18,19). The van der Waals surface area contributed by atoms with Gasteiger partial charge in [0.15, 0.2) is 0 Å². The summed E-state index contributed by atoms with van der Waals surface area (Å²) >= 11 is 5.64. The summed E-state index contributed by atoms with van der Waals surface area (Å²) in [5.74, 6) is -2.99. The molecule has 2 aromatic rings. The lowest BCUT2D eigenvalue weighted by Crippen LogP contribution is -2.14. The summed E-state index contributed by atoms with van der Waals surface area (Å²) in [6.07, 6.45) is 0. The first kappa shape index (κ1) is 16.1. The third-order valence-corrected chi connectivity index (χ3v) is 4.29. The Morgan fingerprint density at radius 2 is 1.86 bits per heavy atom. The average Bonchev–Trinajstić information content (AvgIpc) is 2.40. The second-order valence-electron chi connectivity index (χ2n) is 4.22. The molecule has 0 heterocycles. The Labute approximate surface area is 129 Å². The van der Waals surface area contributed by atoms with Gasteiger partial charge in [-0.15, -0.1) is 0 Å². The van der Waals surface area contributed by atoms with E-state index in [2.05, 4.69) is 0 Å². The monoisotopic (exact) mass is 345 g/mol. The smallest absolute Gasteiger partial charge is 0.339 e. The van der Waals surface area contributed by atoms with E-state index in [0.717, 1.165) is 30.3 Å². The van der Waals surface area contributed by atoms with E-state index < -0.39 is 38.0 Å².